The molecular weight excluding hydrogens is 232 g/mol. The van der Waals surface area contributed by atoms with Crippen molar-refractivity contribution in [3.05, 3.63) is 41.0 Å². The largest absolute Gasteiger partial charge is 0.299 e. The van der Waals surface area contributed by atoms with Gasteiger partial charge in [-0.05, 0) is 54.7 Å². The van der Waals surface area contributed by atoms with Gasteiger partial charge in [-0.25, -0.2) is 0 Å². The fourth-order valence-corrected chi connectivity index (χ4v) is 4.64. The first-order valence-electron chi connectivity index (χ1n) is 7.53. The summed E-state index contributed by atoms with van der Waals surface area (Å²) in [6.07, 6.45) is 6.40. The van der Waals surface area contributed by atoms with E-state index in [2.05, 4.69) is 31.2 Å². The van der Waals surface area contributed by atoms with E-state index in [9.17, 15) is 4.79 Å². The average molecular weight is 252 g/mol. The number of hydrogen-bond acceptors (Lipinski definition) is 1. The first kappa shape index (κ1) is 11.5. The molecule has 3 aliphatic rings. The Balaban J connectivity index is 1.86. The van der Waals surface area contributed by atoms with Crippen LogP contribution in [0, 0.1) is 11.3 Å². The lowest BCUT2D eigenvalue weighted by atomic mass is 9.63. The summed E-state index contributed by atoms with van der Waals surface area (Å²) in [5.74, 6) is 1.06. The van der Waals surface area contributed by atoms with Crippen molar-refractivity contribution in [1.82, 2.24) is 0 Å². The molecule has 1 aromatic carbocycles. The summed E-state index contributed by atoms with van der Waals surface area (Å²) in [6.45, 7) is 2.22. The molecule has 0 saturated heterocycles. The molecule has 0 radical (unpaired) electrons. The van der Waals surface area contributed by atoms with Gasteiger partial charge >= 0.3 is 0 Å². The van der Waals surface area contributed by atoms with Gasteiger partial charge in [0.15, 0.2) is 0 Å². The second-order valence-electron chi connectivity index (χ2n) is 6.59. The van der Waals surface area contributed by atoms with Crippen LogP contribution in [0.1, 0.15) is 50.2 Å². The van der Waals surface area contributed by atoms with E-state index in [0.717, 1.165) is 32.1 Å². The molecule has 1 fully saturated rings. The van der Waals surface area contributed by atoms with Crippen LogP contribution >= 0.6 is 0 Å². The molecule has 0 N–H and O–H groups in total. The van der Waals surface area contributed by atoms with Crippen LogP contribution in [0.2, 0.25) is 0 Å². The standard InChI is InChI=1S/C18H20O/c1-18-11-10-14-13-5-3-2-4-12(13)6-7-15(14)16(18)8-9-17(18)19/h2-5,16H,6-11H2,1H3/t16?,18-/m0/s1. The molecular formula is C18H20O. The molecule has 0 amide bonds. The van der Waals surface area contributed by atoms with Crippen LogP contribution in [0.15, 0.2) is 29.8 Å². The zero-order valence-corrected chi connectivity index (χ0v) is 11.5. The highest BCUT2D eigenvalue weighted by molar-refractivity contribution is 5.90. The van der Waals surface area contributed by atoms with Crippen LogP contribution in [0.5, 0.6) is 0 Å². The lowest BCUT2D eigenvalue weighted by Crippen LogP contribution is -2.34. The molecule has 1 saturated carbocycles. The summed E-state index contributed by atoms with van der Waals surface area (Å²) in [5.41, 5.74) is 6.15. The lowest BCUT2D eigenvalue weighted by molar-refractivity contribution is -0.126. The van der Waals surface area contributed by atoms with E-state index < -0.39 is 0 Å². The van der Waals surface area contributed by atoms with Gasteiger partial charge in [0.05, 0.1) is 0 Å². The maximum absolute atomic E-state index is 12.2. The summed E-state index contributed by atoms with van der Waals surface area (Å²) in [4.78, 5) is 12.2. The third-order valence-corrected chi connectivity index (χ3v) is 5.77. The summed E-state index contributed by atoms with van der Waals surface area (Å²) >= 11 is 0. The highest BCUT2D eigenvalue weighted by Crippen LogP contribution is 2.56. The maximum Gasteiger partial charge on any atom is 0.139 e. The number of hydrogen-bond donors (Lipinski definition) is 0. The van der Waals surface area contributed by atoms with Gasteiger partial charge in [0, 0.05) is 11.8 Å². The van der Waals surface area contributed by atoms with E-state index in [4.69, 9.17) is 0 Å². The van der Waals surface area contributed by atoms with Gasteiger partial charge in [-0.2, -0.15) is 0 Å². The van der Waals surface area contributed by atoms with Crippen LogP contribution < -0.4 is 0 Å². The molecule has 0 aliphatic heterocycles. The minimum absolute atomic E-state index is 0.0366. The Hall–Kier alpha value is -1.37. The summed E-state index contributed by atoms with van der Waals surface area (Å²) in [6, 6.07) is 8.86. The Labute approximate surface area is 114 Å². The predicted molar refractivity (Wildman–Crippen MR) is 76.8 cm³/mol. The van der Waals surface area contributed by atoms with Crippen LogP contribution in [-0.2, 0) is 11.2 Å². The van der Waals surface area contributed by atoms with Gasteiger partial charge in [0.2, 0.25) is 0 Å². The Bertz CT molecular complexity index is 595. The van der Waals surface area contributed by atoms with Crippen molar-refractivity contribution in [2.45, 2.75) is 45.4 Å². The van der Waals surface area contributed by atoms with Gasteiger partial charge in [0.25, 0.3) is 0 Å². The van der Waals surface area contributed by atoms with E-state index in [1.165, 1.54) is 17.5 Å². The molecule has 1 heteroatoms. The summed E-state index contributed by atoms with van der Waals surface area (Å²) in [5, 5.41) is 0. The van der Waals surface area contributed by atoms with Gasteiger partial charge < -0.3 is 0 Å². The molecule has 0 heterocycles. The molecule has 4 rings (SSSR count). The number of Topliss-reactive ketones (excluding diaryl/α,β-unsaturated/α-hetero) is 1. The minimum Gasteiger partial charge on any atom is -0.299 e. The van der Waals surface area contributed by atoms with E-state index in [-0.39, 0.29) is 5.41 Å². The second-order valence-corrected chi connectivity index (χ2v) is 6.59. The smallest absolute Gasteiger partial charge is 0.139 e. The zero-order valence-electron chi connectivity index (χ0n) is 11.5. The predicted octanol–water partition coefficient (Wildman–Crippen LogP) is 4.17. The van der Waals surface area contributed by atoms with Gasteiger partial charge in [-0.15, -0.1) is 0 Å². The normalized spacial score (nSPS) is 32.9. The highest BCUT2D eigenvalue weighted by Gasteiger charge is 2.50. The molecule has 1 nitrogen and oxygen atoms in total. The fraction of sp³-hybridized carbons (Fsp3) is 0.500. The number of carbonyl (C=O) groups is 1. The number of aryl methyl sites for hydroxylation is 1. The summed E-state index contributed by atoms with van der Waals surface area (Å²) < 4.78 is 0. The average Bonchev–Trinajstić information content (AvgIpc) is 2.75. The number of carbonyl (C=O) groups excluding carboxylic acids is 1. The van der Waals surface area contributed by atoms with Crippen LogP contribution in [0.25, 0.3) is 5.57 Å². The highest BCUT2D eigenvalue weighted by atomic mass is 16.1. The van der Waals surface area contributed by atoms with Crippen molar-refractivity contribution in [3.8, 4) is 0 Å². The second kappa shape index (κ2) is 3.82. The monoisotopic (exact) mass is 252 g/mol. The van der Waals surface area contributed by atoms with E-state index >= 15 is 0 Å². The molecule has 19 heavy (non-hydrogen) atoms. The van der Waals surface area contributed by atoms with Crippen LogP contribution in [0.4, 0.5) is 0 Å². The third kappa shape index (κ3) is 1.45. The number of fused-ring (bicyclic) bond motifs is 4. The van der Waals surface area contributed by atoms with Gasteiger partial charge in [-0.3, -0.25) is 4.79 Å². The van der Waals surface area contributed by atoms with E-state index in [1.54, 1.807) is 11.1 Å². The zero-order chi connectivity index (χ0) is 13.0. The minimum atomic E-state index is -0.0366. The number of ketones is 1. The van der Waals surface area contributed by atoms with Crippen molar-refractivity contribution < 1.29 is 4.79 Å². The van der Waals surface area contributed by atoms with Crippen LogP contribution in [0.3, 0.4) is 0 Å². The maximum atomic E-state index is 12.2. The SMILES string of the molecule is C[C@]12CCC3=C(CCc4ccccc43)C1CCC2=O. The van der Waals surface area contributed by atoms with Crippen molar-refractivity contribution >= 4 is 11.4 Å². The summed E-state index contributed by atoms with van der Waals surface area (Å²) in [7, 11) is 0. The number of rotatable bonds is 0. The molecule has 0 aromatic heterocycles. The quantitative estimate of drug-likeness (QED) is 0.677. The molecule has 1 unspecified atom stereocenters. The Morgan fingerprint density at radius 3 is 2.84 bits per heavy atom. The fourth-order valence-electron chi connectivity index (χ4n) is 4.64. The van der Waals surface area contributed by atoms with E-state index in [0.29, 0.717) is 11.7 Å². The molecule has 3 aliphatic carbocycles. The number of allylic oxidation sites excluding steroid dienone is 2. The topological polar surface area (TPSA) is 17.1 Å². The van der Waals surface area contributed by atoms with Gasteiger partial charge in [0.1, 0.15) is 5.78 Å². The molecule has 98 valence electrons. The lowest BCUT2D eigenvalue weighted by Gasteiger charge is -2.40. The Morgan fingerprint density at radius 2 is 1.95 bits per heavy atom. The van der Waals surface area contributed by atoms with Crippen molar-refractivity contribution in [2.75, 3.05) is 0 Å². The molecule has 0 spiro atoms. The molecule has 0 bridgehead atoms. The van der Waals surface area contributed by atoms with Crippen molar-refractivity contribution in [1.29, 1.82) is 0 Å². The first-order valence-corrected chi connectivity index (χ1v) is 7.53. The van der Waals surface area contributed by atoms with Crippen molar-refractivity contribution in [3.63, 3.8) is 0 Å². The van der Waals surface area contributed by atoms with Crippen molar-refractivity contribution in [2.24, 2.45) is 11.3 Å². The molecule has 1 aromatic rings. The molecule has 2 atom stereocenters. The van der Waals surface area contributed by atoms with Gasteiger partial charge in [-0.1, -0.05) is 36.8 Å². The third-order valence-electron chi connectivity index (χ3n) is 5.77. The Kier molecular flexibility index (Phi) is 2.30. The first-order chi connectivity index (χ1) is 9.20. The van der Waals surface area contributed by atoms with E-state index in [1.807, 2.05) is 0 Å². The van der Waals surface area contributed by atoms with Crippen LogP contribution in [-0.4, -0.2) is 5.78 Å². The number of benzene rings is 1. The Morgan fingerprint density at radius 1 is 1.11 bits per heavy atom.